The lowest BCUT2D eigenvalue weighted by Crippen LogP contribution is -2.45. The Morgan fingerprint density at radius 2 is 2.10 bits per heavy atom. The summed E-state index contributed by atoms with van der Waals surface area (Å²) < 4.78 is 0. The Morgan fingerprint density at radius 1 is 1.33 bits per heavy atom. The van der Waals surface area contributed by atoms with Crippen LogP contribution in [0.1, 0.15) is 46.0 Å². The first-order chi connectivity index (χ1) is 10.2. The van der Waals surface area contributed by atoms with Gasteiger partial charge < -0.3 is 15.7 Å². The number of hydrogen-bond acceptors (Lipinski definition) is 3. The van der Waals surface area contributed by atoms with E-state index in [1.54, 1.807) is 0 Å². The van der Waals surface area contributed by atoms with Gasteiger partial charge in [0, 0.05) is 44.9 Å². The number of aliphatic hydroxyl groups is 1. The van der Waals surface area contributed by atoms with Crippen LogP contribution >= 0.6 is 0 Å². The van der Waals surface area contributed by atoms with Crippen molar-refractivity contribution in [1.29, 1.82) is 0 Å². The van der Waals surface area contributed by atoms with E-state index in [4.69, 9.17) is 5.11 Å². The molecule has 5 heteroatoms. The summed E-state index contributed by atoms with van der Waals surface area (Å²) in [5.74, 6) is 1.12. The SMILES string of the molecule is CCNC(=NCC(C)CO)NC1CCN(C2CCCC2)C1. The Bertz CT molecular complexity index is 328. The molecule has 0 aromatic rings. The Labute approximate surface area is 129 Å². The molecule has 0 radical (unpaired) electrons. The second kappa shape index (κ2) is 8.59. The van der Waals surface area contributed by atoms with Crippen molar-refractivity contribution in [3.8, 4) is 0 Å². The van der Waals surface area contributed by atoms with Gasteiger partial charge >= 0.3 is 0 Å². The number of nitrogens with zero attached hydrogens (tertiary/aromatic N) is 2. The van der Waals surface area contributed by atoms with E-state index in [1.165, 1.54) is 38.6 Å². The standard InChI is InChI=1S/C16H32N4O/c1-3-17-16(18-10-13(2)12-21)19-14-8-9-20(11-14)15-6-4-5-7-15/h13-15,21H,3-12H2,1-2H3,(H2,17,18,19). The summed E-state index contributed by atoms with van der Waals surface area (Å²) in [7, 11) is 0. The second-order valence-corrected chi connectivity index (χ2v) is 6.57. The van der Waals surface area contributed by atoms with Crippen LogP contribution < -0.4 is 10.6 Å². The van der Waals surface area contributed by atoms with Crippen molar-refractivity contribution >= 4 is 5.96 Å². The summed E-state index contributed by atoms with van der Waals surface area (Å²) in [5.41, 5.74) is 0. The van der Waals surface area contributed by atoms with E-state index in [2.05, 4.69) is 27.4 Å². The Morgan fingerprint density at radius 3 is 2.76 bits per heavy atom. The number of guanidine groups is 1. The number of hydrogen-bond donors (Lipinski definition) is 3. The van der Waals surface area contributed by atoms with Crippen molar-refractivity contribution in [1.82, 2.24) is 15.5 Å². The molecule has 0 bridgehead atoms. The Kier molecular flexibility index (Phi) is 6.77. The van der Waals surface area contributed by atoms with Crippen molar-refractivity contribution < 1.29 is 5.11 Å². The molecule has 2 unspecified atom stereocenters. The third kappa shape index (κ3) is 5.15. The van der Waals surface area contributed by atoms with Crippen LogP contribution in [0.2, 0.25) is 0 Å². The average Bonchev–Trinajstić information content (AvgIpc) is 3.15. The zero-order chi connectivity index (χ0) is 15.1. The Hall–Kier alpha value is -0.810. The second-order valence-electron chi connectivity index (χ2n) is 6.57. The van der Waals surface area contributed by atoms with Crippen molar-refractivity contribution in [2.24, 2.45) is 10.9 Å². The van der Waals surface area contributed by atoms with E-state index in [1.807, 2.05) is 6.92 Å². The van der Waals surface area contributed by atoms with Crippen LogP contribution in [-0.2, 0) is 0 Å². The highest BCUT2D eigenvalue weighted by Gasteiger charge is 2.30. The fraction of sp³-hybridized carbons (Fsp3) is 0.938. The van der Waals surface area contributed by atoms with Crippen molar-refractivity contribution in [3.63, 3.8) is 0 Å². The molecular weight excluding hydrogens is 264 g/mol. The molecule has 2 rings (SSSR count). The van der Waals surface area contributed by atoms with Gasteiger partial charge in [-0.2, -0.15) is 0 Å². The van der Waals surface area contributed by atoms with Crippen LogP contribution in [0.15, 0.2) is 4.99 Å². The minimum absolute atomic E-state index is 0.196. The van der Waals surface area contributed by atoms with Gasteiger partial charge in [-0.05, 0) is 32.1 Å². The maximum atomic E-state index is 9.10. The number of aliphatic hydroxyl groups excluding tert-OH is 1. The number of rotatable bonds is 6. The van der Waals surface area contributed by atoms with Gasteiger partial charge in [-0.15, -0.1) is 0 Å². The minimum Gasteiger partial charge on any atom is -0.396 e. The molecule has 21 heavy (non-hydrogen) atoms. The Balaban J connectivity index is 1.80. The number of aliphatic imine (C=N–C) groups is 1. The smallest absolute Gasteiger partial charge is 0.191 e. The van der Waals surface area contributed by atoms with Crippen molar-refractivity contribution in [2.45, 2.75) is 58.0 Å². The van der Waals surface area contributed by atoms with Gasteiger partial charge in [0.05, 0.1) is 0 Å². The van der Waals surface area contributed by atoms with Crippen LogP contribution in [-0.4, -0.2) is 60.8 Å². The van der Waals surface area contributed by atoms with Gasteiger partial charge in [0.1, 0.15) is 0 Å². The van der Waals surface area contributed by atoms with Gasteiger partial charge in [0.2, 0.25) is 0 Å². The topological polar surface area (TPSA) is 59.9 Å². The summed E-state index contributed by atoms with van der Waals surface area (Å²) in [4.78, 5) is 7.24. The maximum Gasteiger partial charge on any atom is 0.191 e. The molecule has 0 spiro atoms. The molecule has 0 amide bonds. The van der Waals surface area contributed by atoms with Crippen LogP contribution in [0.5, 0.6) is 0 Å². The average molecular weight is 296 g/mol. The van der Waals surface area contributed by atoms with E-state index in [9.17, 15) is 0 Å². The van der Waals surface area contributed by atoms with Crippen LogP contribution in [0, 0.1) is 5.92 Å². The van der Waals surface area contributed by atoms with Gasteiger partial charge in [-0.25, -0.2) is 0 Å². The first-order valence-corrected chi connectivity index (χ1v) is 8.62. The summed E-state index contributed by atoms with van der Waals surface area (Å²) in [6.45, 7) is 8.21. The normalized spacial score (nSPS) is 26.2. The van der Waals surface area contributed by atoms with E-state index >= 15 is 0 Å². The first kappa shape index (κ1) is 16.6. The largest absolute Gasteiger partial charge is 0.396 e. The van der Waals surface area contributed by atoms with E-state index in [0.717, 1.165) is 25.1 Å². The quantitative estimate of drug-likeness (QED) is 0.509. The lowest BCUT2D eigenvalue weighted by molar-refractivity contribution is 0.240. The summed E-state index contributed by atoms with van der Waals surface area (Å²) in [6.07, 6.45) is 6.78. The van der Waals surface area contributed by atoms with Crippen molar-refractivity contribution in [2.75, 3.05) is 32.8 Å². The summed E-state index contributed by atoms with van der Waals surface area (Å²) >= 11 is 0. The predicted octanol–water partition coefficient (Wildman–Crippen LogP) is 1.19. The molecule has 1 aliphatic carbocycles. The highest BCUT2D eigenvalue weighted by molar-refractivity contribution is 5.80. The van der Waals surface area contributed by atoms with Crippen LogP contribution in [0.3, 0.4) is 0 Å². The molecule has 1 aliphatic heterocycles. The number of nitrogens with one attached hydrogen (secondary N) is 2. The fourth-order valence-electron chi connectivity index (χ4n) is 3.32. The highest BCUT2D eigenvalue weighted by Crippen LogP contribution is 2.26. The summed E-state index contributed by atoms with van der Waals surface area (Å²) in [6, 6.07) is 1.33. The van der Waals surface area contributed by atoms with E-state index < -0.39 is 0 Å². The molecule has 1 heterocycles. The van der Waals surface area contributed by atoms with Gasteiger partial charge in [-0.3, -0.25) is 9.89 Å². The first-order valence-electron chi connectivity index (χ1n) is 8.62. The molecule has 2 atom stereocenters. The predicted molar refractivity (Wildman–Crippen MR) is 87.6 cm³/mol. The molecule has 0 aromatic heterocycles. The zero-order valence-electron chi connectivity index (χ0n) is 13.6. The lowest BCUT2D eigenvalue weighted by Gasteiger charge is -2.24. The molecule has 5 nitrogen and oxygen atoms in total. The monoisotopic (exact) mass is 296 g/mol. The third-order valence-corrected chi connectivity index (χ3v) is 4.62. The zero-order valence-corrected chi connectivity index (χ0v) is 13.6. The lowest BCUT2D eigenvalue weighted by atomic mass is 10.2. The third-order valence-electron chi connectivity index (χ3n) is 4.62. The van der Waals surface area contributed by atoms with Gasteiger partial charge in [0.15, 0.2) is 5.96 Å². The minimum atomic E-state index is 0.196. The molecule has 2 fully saturated rings. The van der Waals surface area contributed by atoms with Crippen LogP contribution in [0.4, 0.5) is 0 Å². The van der Waals surface area contributed by atoms with E-state index in [0.29, 0.717) is 12.6 Å². The molecule has 1 saturated heterocycles. The molecule has 3 N–H and O–H groups in total. The maximum absolute atomic E-state index is 9.10. The van der Waals surface area contributed by atoms with Gasteiger partial charge in [0.25, 0.3) is 0 Å². The highest BCUT2D eigenvalue weighted by atomic mass is 16.3. The molecule has 122 valence electrons. The molecule has 2 aliphatic rings. The fourth-order valence-corrected chi connectivity index (χ4v) is 3.32. The number of likely N-dealkylation sites (tertiary alicyclic amines) is 1. The summed E-state index contributed by atoms with van der Waals surface area (Å²) in [5, 5.41) is 16.0. The molecular formula is C16H32N4O. The molecule has 0 aromatic carbocycles. The van der Waals surface area contributed by atoms with Gasteiger partial charge in [-0.1, -0.05) is 19.8 Å². The van der Waals surface area contributed by atoms with Crippen molar-refractivity contribution in [3.05, 3.63) is 0 Å². The van der Waals surface area contributed by atoms with Crippen LogP contribution in [0.25, 0.3) is 0 Å². The molecule has 1 saturated carbocycles. The van der Waals surface area contributed by atoms with E-state index in [-0.39, 0.29) is 12.5 Å².